The predicted octanol–water partition coefficient (Wildman–Crippen LogP) is 12.2. The average Bonchev–Trinajstić information content (AvgIpc) is 3.51. The molecule has 1 N–H and O–H groups in total. The fourth-order valence-corrected chi connectivity index (χ4v) is 6.34. The van der Waals surface area contributed by atoms with Crippen LogP contribution in [0.25, 0.3) is 44.3 Å². The number of rotatable bonds is 11. The summed E-state index contributed by atoms with van der Waals surface area (Å²) in [5.41, 5.74) is 6.84. The standard InChI is InChI=1S/C31H31N2O.C15H28O2.Ir/c1-20(2)13-25-19-34-30-27(25)15-24(18-32-30)21-11-12-33(6)29(17-21)23-14-22-9-7-8-10-26(22)28(16-23)31(3,4)5;1-7-14(5,8-2)12(16)11-13(17)15(6,9-3)10-4;/h7-12,15-20H,6,13H2,1-5H3;11,16H,7-10H2,1-6H3;/q-1;;/b;12-11-;. The van der Waals surface area contributed by atoms with E-state index in [0.29, 0.717) is 11.6 Å². The molecular weight excluding hydrogens is 821 g/mol. The second kappa shape index (κ2) is 17.4. The number of hydrogen-bond donors (Lipinski definition) is 1. The molecule has 0 saturated heterocycles. The number of benzene rings is 2. The number of fused-ring (bicyclic) bond motifs is 2. The Labute approximate surface area is 326 Å². The van der Waals surface area contributed by atoms with Crippen LogP contribution in [-0.2, 0) is 36.7 Å². The molecule has 3 heterocycles. The number of aromatic nitrogens is 2. The number of allylic oxidation sites excluding steroid dienone is 2. The van der Waals surface area contributed by atoms with Gasteiger partial charge < -0.3 is 14.1 Å². The summed E-state index contributed by atoms with van der Waals surface area (Å²) in [5, 5.41) is 13.6. The average molecular weight is 880 g/mol. The van der Waals surface area contributed by atoms with E-state index in [2.05, 4.69) is 101 Å². The molecule has 0 amide bonds. The Balaban J connectivity index is 0.000000347. The van der Waals surface area contributed by atoms with Crippen LogP contribution in [0, 0.1) is 29.9 Å². The van der Waals surface area contributed by atoms with Crippen molar-refractivity contribution in [2.24, 2.45) is 16.7 Å². The molecule has 1 radical (unpaired) electrons. The van der Waals surface area contributed by atoms with Gasteiger partial charge in [0.2, 0.25) is 5.71 Å². The largest absolute Gasteiger partial charge is 0.512 e. The summed E-state index contributed by atoms with van der Waals surface area (Å²) in [6.45, 7) is 23.3. The molecule has 0 aliphatic carbocycles. The number of furan rings is 1. The normalized spacial score (nSPS) is 12.5. The molecule has 52 heavy (non-hydrogen) atoms. The van der Waals surface area contributed by atoms with Crippen LogP contribution >= 0.6 is 0 Å². The summed E-state index contributed by atoms with van der Waals surface area (Å²) >= 11 is 0. The minimum atomic E-state index is -0.337. The number of aliphatic hydroxyl groups excluding tert-OH is 1. The SMILES string of the molecule is CCC(C)(CC)C(=O)/C=C(\O)C(C)(CC)CC.[CH2-][n+]1ccc(-c2cnc3occ(CC(C)C)c3c2)cc1-c1[c-]c2ccccc2c(C(C)(C)C)c1.[Ir]. The van der Waals surface area contributed by atoms with Gasteiger partial charge in [0, 0.05) is 61.2 Å². The topological polar surface area (TPSA) is 67.2 Å². The van der Waals surface area contributed by atoms with E-state index in [9.17, 15) is 9.90 Å². The van der Waals surface area contributed by atoms with Crippen LogP contribution in [0.15, 0.2) is 83.4 Å². The van der Waals surface area contributed by atoms with E-state index >= 15 is 0 Å². The van der Waals surface area contributed by atoms with E-state index in [1.807, 2.05) is 64.8 Å². The summed E-state index contributed by atoms with van der Waals surface area (Å²) in [4.78, 5) is 16.8. The number of pyridine rings is 2. The molecule has 0 bridgehead atoms. The maximum atomic E-state index is 12.2. The third-order valence-electron chi connectivity index (χ3n) is 11.0. The van der Waals surface area contributed by atoms with E-state index in [1.54, 1.807) is 0 Å². The molecule has 0 spiro atoms. The fraction of sp³-hybridized carbons (Fsp3) is 0.435. The van der Waals surface area contributed by atoms with Crippen LogP contribution in [-0.4, -0.2) is 15.9 Å². The van der Waals surface area contributed by atoms with Crippen molar-refractivity contribution in [3.63, 3.8) is 0 Å². The summed E-state index contributed by atoms with van der Waals surface area (Å²) in [6, 6.07) is 20.9. The maximum absolute atomic E-state index is 12.2. The monoisotopic (exact) mass is 880 g/mol. The molecule has 0 aliphatic rings. The van der Waals surface area contributed by atoms with Gasteiger partial charge in [-0.3, -0.25) is 4.79 Å². The molecule has 0 aliphatic heterocycles. The summed E-state index contributed by atoms with van der Waals surface area (Å²) in [6.07, 6.45) is 11.5. The number of carbonyl (C=O) groups excluding carboxylic acids is 1. The molecule has 5 nitrogen and oxygen atoms in total. The first-order chi connectivity index (χ1) is 24.0. The summed E-state index contributed by atoms with van der Waals surface area (Å²) < 4.78 is 7.63. The first-order valence-corrected chi connectivity index (χ1v) is 18.6. The van der Waals surface area contributed by atoms with Crippen molar-refractivity contribution in [3.8, 4) is 22.4 Å². The molecule has 2 aromatic carbocycles. The van der Waals surface area contributed by atoms with Gasteiger partial charge in [0.05, 0.1) is 12.5 Å². The zero-order valence-corrected chi connectivity index (χ0v) is 35.6. The Kier molecular flexibility index (Phi) is 14.3. The number of carbonyl (C=O) groups is 1. The maximum Gasteiger partial charge on any atom is 0.226 e. The molecule has 5 rings (SSSR count). The van der Waals surface area contributed by atoms with Crippen LogP contribution in [0.4, 0.5) is 0 Å². The van der Waals surface area contributed by atoms with Gasteiger partial charge >= 0.3 is 0 Å². The Morgan fingerprint density at radius 2 is 1.56 bits per heavy atom. The van der Waals surface area contributed by atoms with Gasteiger partial charge in [-0.05, 0) is 72.8 Å². The summed E-state index contributed by atoms with van der Waals surface area (Å²) in [5.74, 6) is 0.840. The Morgan fingerprint density at radius 1 is 0.923 bits per heavy atom. The Hall–Kier alpha value is -3.73. The minimum Gasteiger partial charge on any atom is -0.512 e. The third kappa shape index (κ3) is 9.43. The van der Waals surface area contributed by atoms with Crippen molar-refractivity contribution < 1.29 is 39.0 Å². The van der Waals surface area contributed by atoms with Crippen molar-refractivity contribution in [2.75, 3.05) is 0 Å². The third-order valence-corrected chi connectivity index (χ3v) is 11.0. The smallest absolute Gasteiger partial charge is 0.226 e. The van der Waals surface area contributed by atoms with Crippen molar-refractivity contribution in [2.45, 2.75) is 114 Å². The predicted molar refractivity (Wildman–Crippen MR) is 213 cm³/mol. The zero-order valence-electron chi connectivity index (χ0n) is 33.2. The quantitative estimate of drug-likeness (QED) is 0.0621. The molecule has 0 fully saturated rings. The van der Waals surface area contributed by atoms with Gasteiger partial charge in [0.1, 0.15) is 11.5 Å². The number of ketones is 1. The van der Waals surface area contributed by atoms with Crippen LogP contribution < -0.4 is 4.57 Å². The van der Waals surface area contributed by atoms with Crippen molar-refractivity contribution in [1.29, 1.82) is 0 Å². The van der Waals surface area contributed by atoms with E-state index in [1.165, 1.54) is 22.6 Å². The van der Waals surface area contributed by atoms with Crippen LogP contribution in [0.3, 0.4) is 0 Å². The van der Waals surface area contributed by atoms with Gasteiger partial charge in [-0.25, -0.2) is 4.98 Å². The second-order valence-electron chi connectivity index (χ2n) is 16.0. The van der Waals surface area contributed by atoms with Gasteiger partial charge in [-0.1, -0.05) is 105 Å². The van der Waals surface area contributed by atoms with Gasteiger partial charge in [0.25, 0.3) is 0 Å². The van der Waals surface area contributed by atoms with E-state index in [-0.39, 0.29) is 47.9 Å². The van der Waals surface area contributed by atoms with Gasteiger partial charge in [-0.2, -0.15) is 0 Å². The molecule has 281 valence electrons. The van der Waals surface area contributed by atoms with E-state index < -0.39 is 0 Å². The van der Waals surface area contributed by atoms with E-state index in [0.717, 1.165) is 65.3 Å². The number of aliphatic hydroxyl groups is 1. The van der Waals surface area contributed by atoms with Crippen LogP contribution in [0.2, 0.25) is 0 Å². The minimum absolute atomic E-state index is 0. The molecular formula is C46H59IrN2O3-. The van der Waals surface area contributed by atoms with Crippen LogP contribution in [0.1, 0.15) is 113 Å². The first-order valence-electron chi connectivity index (χ1n) is 18.6. The van der Waals surface area contributed by atoms with E-state index in [4.69, 9.17) is 4.42 Å². The number of hydrogen-bond acceptors (Lipinski definition) is 4. The molecule has 0 saturated carbocycles. The molecule has 6 heteroatoms. The number of nitrogens with zero attached hydrogens (tertiary/aromatic N) is 2. The zero-order chi connectivity index (χ0) is 37.7. The molecule has 0 atom stereocenters. The van der Waals surface area contributed by atoms with Crippen molar-refractivity contribution in [3.05, 3.63) is 103 Å². The Morgan fingerprint density at radius 3 is 2.15 bits per heavy atom. The first kappa shape index (κ1) is 42.7. The van der Waals surface area contributed by atoms with Crippen LogP contribution in [0.5, 0.6) is 0 Å². The fourth-order valence-electron chi connectivity index (χ4n) is 6.34. The van der Waals surface area contributed by atoms with Gasteiger partial charge in [0.15, 0.2) is 5.78 Å². The van der Waals surface area contributed by atoms with Crippen molar-refractivity contribution >= 4 is 27.7 Å². The molecule has 3 aromatic heterocycles. The molecule has 5 aromatic rings. The summed E-state index contributed by atoms with van der Waals surface area (Å²) in [7, 11) is 4.26. The second-order valence-corrected chi connectivity index (χ2v) is 16.0. The Bertz CT molecular complexity index is 2010. The van der Waals surface area contributed by atoms with Gasteiger partial charge in [-0.15, -0.1) is 29.1 Å². The van der Waals surface area contributed by atoms with Crippen molar-refractivity contribution in [1.82, 2.24) is 4.98 Å². The molecule has 0 unspecified atom stereocenters.